The van der Waals surface area contributed by atoms with Crippen molar-refractivity contribution in [3.05, 3.63) is 70.8 Å². The van der Waals surface area contributed by atoms with Crippen LogP contribution in [0.2, 0.25) is 0 Å². The largest absolute Gasteiger partial charge is 0.351 e. The van der Waals surface area contributed by atoms with Crippen molar-refractivity contribution < 1.29 is 38.4 Å². The molecule has 2 fully saturated rings. The fraction of sp³-hybridized carbons (Fsp3) is 0.600. The molecule has 438 valence electrons. The van der Waals surface area contributed by atoms with Gasteiger partial charge < -0.3 is 52.3 Å². The van der Waals surface area contributed by atoms with Crippen molar-refractivity contribution in [3.63, 3.8) is 0 Å². The van der Waals surface area contributed by atoms with Crippen LogP contribution in [0.1, 0.15) is 154 Å². The summed E-state index contributed by atoms with van der Waals surface area (Å²) in [4.78, 5) is 113. The molecule has 18 nitrogen and oxygen atoms in total. The zero-order valence-electron chi connectivity index (χ0n) is 48.3. The lowest BCUT2D eigenvalue weighted by molar-refractivity contribution is -0.144. The van der Waals surface area contributed by atoms with E-state index in [2.05, 4.69) is 78.3 Å². The Kier molecular flexibility index (Phi) is 24.9. The van der Waals surface area contributed by atoms with E-state index in [0.29, 0.717) is 0 Å². The van der Waals surface area contributed by atoms with Gasteiger partial charge in [-0.25, -0.2) is 0 Å². The molecule has 2 aromatic carbocycles. The predicted octanol–water partition coefficient (Wildman–Crippen LogP) is 4.23. The number of carbonyl (C=O) groups excluding carboxylic acids is 8. The van der Waals surface area contributed by atoms with Crippen LogP contribution in [0.5, 0.6) is 0 Å². The van der Waals surface area contributed by atoms with E-state index in [-0.39, 0.29) is 124 Å². The van der Waals surface area contributed by atoms with E-state index in [4.69, 9.17) is 0 Å². The van der Waals surface area contributed by atoms with Crippen LogP contribution in [0.4, 0.5) is 0 Å². The zero-order valence-corrected chi connectivity index (χ0v) is 49.9. The summed E-state index contributed by atoms with van der Waals surface area (Å²) in [6.45, 7) is 14.7. The number of halogens is 2. The van der Waals surface area contributed by atoms with Crippen LogP contribution < -0.4 is 42.5 Å². The number of aryl methyl sites for hydroxylation is 2. The number of nitrogens with one attached hydrogen (secondary N) is 8. The van der Waals surface area contributed by atoms with Gasteiger partial charge >= 0.3 is 0 Å². The molecule has 0 bridgehead atoms. The molecule has 8 N–H and O–H groups in total. The molecule has 80 heavy (non-hydrogen) atoms. The molecule has 2 aromatic rings. The average molecular weight is 1150 g/mol. The van der Waals surface area contributed by atoms with Crippen LogP contribution in [0.15, 0.2) is 48.5 Å². The number of fused-ring (bicyclic) bond motifs is 2. The molecular formula is C60H86Cl2N10O8. The van der Waals surface area contributed by atoms with Gasteiger partial charge in [-0.05, 0) is 124 Å². The first-order valence-electron chi connectivity index (χ1n) is 27.9. The summed E-state index contributed by atoms with van der Waals surface area (Å²) in [6, 6.07) is 9.82. The quantitative estimate of drug-likeness (QED) is 0.0989. The topological polar surface area (TPSA) is 239 Å². The van der Waals surface area contributed by atoms with Gasteiger partial charge in [0, 0.05) is 50.9 Å². The van der Waals surface area contributed by atoms with Crippen molar-refractivity contribution in [2.24, 2.45) is 10.8 Å². The highest BCUT2D eigenvalue weighted by atomic mass is 35.5. The number of hydrogen-bond acceptors (Lipinski definition) is 10. The number of likely N-dealkylation sites (tertiary alicyclic amines) is 2. The maximum atomic E-state index is 14.5. The Morgan fingerprint density at radius 3 is 1.27 bits per heavy atom. The Hall–Kier alpha value is -6.18. The van der Waals surface area contributed by atoms with Crippen molar-refractivity contribution in [2.75, 3.05) is 27.2 Å². The van der Waals surface area contributed by atoms with Gasteiger partial charge in [0.05, 0.1) is 24.2 Å². The highest BCUT2D eigenvalue weighted by Gasteiger charge is 2.48. The third-order valence-corrected chi connectivity index (χ3v) is 15.5. The second-order valence-electron chi connectivity index (χ2n) is 23.6. The Labute approximate surface area is 485 Å². The fourth-order valence-electron chi connectivity index (χ4n) is 10.8. The molecule has 2 aliphatic carbocycles. The minimum absolute atomic E-state index is 0. The van der Waals surface area contributed by atoms with E-state index >= 15 is 0 Å². The molecule has 8 amide bonds. The molecule has 6 rings (SSSR count). The van der Waals surface area contributed by atoms with Crippen LogP contribution in [0.25, 0.3) is 0 Å². The fourth-order valence-corrected chi connectivity index (χ4v) is 10.8. The first kappa shape index (κ1) is 66.3. The van der Waals surface area contributed by atoms with Crippen LogP contribution >= 0.6 is 24.8 Å². The maximum absolute atomic E-state index is 14.5. The Morgan fingerprint density at radius 1 is 0.562 bits per heavy atom. The summed E-state index contributed by atoms with van der Waals surface area (Å²) < 4.78 is 0. The molecule has 2 heterocycles. The van der Waals surface area contributed by atoms with E-state index in [1.165, 1.54) is 20.9 Å². The van der Waals surface area contributed by atoms with E-state index in [9.17, 15) is 38.4 Å². The normalized spacial score (nSPS) is 21.7. The van der Waals surface area contributed by atoms with Gasteiger partial charge in [-0.15, -0.1) is 24.8 Å². The third kappa shape index (κ3) is 17.7. The molecule has 2 saturated heterocycles. The van der Waals surface area contributed by atoms with Gasteiger partial charge in [-0.1, -0.05) is 102 Å². The number of hydrogen-bond donors (Lipinski definition) is 8. The number of nitrogens with zero attached hydrogens (tertiary/aromatic N) is 2. The molecule has 20 heteroatoms. The summed E-state index contributed by atoms with van der Waals surface area (Å²) in [5.74, 6) is 8.60. The second kappa shape index (κ2) is 30.0. The second-order valence-corrected chi connectivity index (χ2v) is 23.6. The van der Waals surface area contributed by atoms with Gasteiger partial charge in [0.15, 0.2) is 0 Å². The minimum Gasteiger partial charge on any atom is -0.351 e. The van der Waals surface area contributed by atoms with E-state index in [1.54, 1.807) is 27.9 Å². The number of benzene rings is 2. The van der Waals surface area contributed by atoms with Crippen molar-refractivity contribution in [3.8, 4) is 23.7 Å². The van der Waals surface area contributed by atoms with Crippen molar-refractivity contribution >= 4 is 72.1 Å². The Bertz CT molecular complexity index is 2490. The van der Waals surface area contributed by atoms with Gasteiger partial charge in [0.1, 0.15) is 24.2 Å². The first-order chi connectivity index (χ1) is 37.0. The molecule has 2 aliphatic heterocycles. The van der Waals surface area contributed by atoms with E-state index < -0.39 is 71.0 Å². The third-order valence-electron chi connectivity index (χ3n) is 15.5. The first-order valence-corrected chi connectivity index (χ1v) is 27.9. The smallest absolute Gasteiger partial charge is 0.246 e. The Morgan fingerprint density at radius 2 is 0.925 bits per heavy atom. The lowest BCUT2D eigenvalue weighted by atomic mass is 9.85. The summed E-state index contributed by atoms with van der Waals surface area (Å²) in [5.41, 5.74) is 3.09. The lowest BCUT2D eigenvalue weighted by Gasteiger charge is -2.36. The van der Waals surface area contributed by atoms with Gasteiger partial charge in [0.2, 0.25) is 47.3 Å². The highest BCUT2D eigenvalue weighted by Crippen LogP contribution is 2.34. The number of carbonyl (C=O) groups is 8. The van der Waals surface area contributed by atoms with Crippen molar-refractivity contribution in [1.29, 1.82) is 0 Å². The standard InChI is InChI=1S/C60H84N10O8.2ClH/c1-37(61-9)53(73)67-51(59(3,4)5)57(77)69-35-41(33-47(69)55(75)65-45-29-21-25-39-23-17-19-27-43(39)45)63-49(71)31-15-13-11-12-14-16-32-50(72)64-42-34-48(56(76)66-46-30-22-26-40-24-18-20-28-44(40)46)70(36-42)58(78)52(60(6,7)8)68-54(74)38(2)62-10;;/h17-20,23-24,27-28,37-38,41-42,45-48,51-52,61-62H,15-16,21-22,25-26,29-36H2,1-10H3,(H,63,71)(H,64,72)(H,65,75)(H,66,76)(H,67,73)(H,68,74);2*1H/t37-,38-,41-,42-,45+,46+,47-,48-,51+,52?;;/m0../s1. The van der Waals surface area contributed by atoms with Gasteiger partial charge in [-0.2, -0.15) is 0 Å². The molecule has 4 aliphatic rings. The monoisotopic (exact) mass is 1140 g/mol. The predicted molar refractivity (Wildman–Crippen MR) is 313 cm³/mol. The number of amides is 8. The summed E-state index contributed by atoms with van der Waals surface area (Å²) in [5, 5.41) is 24.1. The summed E-state index contributed by atoms with van der Waals surface area (Å²) in [7, 11) is 3.32. The SMILES string of the molecule is CN[C@@H](C)C(=O)NC(C(=O)N1C[C@@H](NC(=O)CCC#CC#CCCC(=O)N[C@H]2C[C@@H](C(=O)N[C@@H]3CCCc4ccccc43)N(C(=O)[C@@H](NC(=O)[C@H](C)NC)C(C)(C)C)C2)C[C@H]1C(=O)N[C@@H]1CCCc2ccccc21)C(C)(C)C.Cl.Cl. The van der Waals surface area contributed by atoms with E-state index in [0.717, 1.165) is 49.7 Å². The van der Waals surface area contributed by atoms with Crippen molar-refractivity contribution in [2.45, 2.75) is 193 Å². The van der Waals surface area contributed by atoms with Crippen LogP contribution in [0, 0.1) is 34.5 Å². The molecule has 10 atom stereocenters. The van der Waals surface area contributed by atoms with Crippen LogP contribution in [-0.4, -0.2) is 133 Å². The molecule has 1 unspecified atom stereocenters. The van der Waals surface area contributed by atoms with E-state index in [1.807, 2.05) is 77.9 Å². The summed E-state index contributed by atoms with van der Waals surface area (Å²) in [6.07, 6.45) is 6.05. The van der Waals surface area contributed by atoms with Crippen LogP contribution in [-0.2, 0) is 51.2 Å². The molecule has 0 saturated carbocycles. The number of rotatable bonds is 18. The highest BCUT2D eigenvalue weighted by molar-refractivity contribution is 5.96. The molecule has 0 spiro atoms. The van der Waals surface area contributed by atoms with Crippen LogP contribution in [0.3, 0.4) is 0 Å². The minimum atomic E-state index is -0.943. The van der Waals surface area contributed by atoms with Gasteiger partial charge in [-0.3, -0.25) is 38.4 Å². The van der Waals surface area contributed by atoms with Gasteiger partial charge in [0.25, 0.3) is 0 Å². The Balaban J connectivity index is 0.00000689. The average Bonchev–Trinajstić information content (AvgIpc) is 4.03. The molecular weight excluding hydrogens is 1060 g/mol. The molecule has 0 aromatic heterocycles. The number of likely N-dealkylation sites (N-methyl/N-ethyl adjacent to an activating group) is 2. The molecule has 0 radical (unpaired) electrons. The lowest BCUT2D eigenvalue weighted by Crippen LogP contribution is -2.59. The zero-order chi connectivity index (χ0) is 56.9. The summed E-state index contributed by atoms with van der Waals surface area (Å²) >= 11 is 0. The maximum Gasteiger partial charge on any atom is 0.246 e. The van der Waals surface area contributed by atoms with Crippen molar-refractivity contribution in [1.82, 2.24) is 52.3 Å².